The summed E-state index contributed by atoms with van der Waals surface area (Å²) < 4.78 is 1.96. The Balaban J connectivity index is 2.01. The number of hydrogen-bond acceptors (Lipinski definition) is 4. The van der Waals surface area contributed by atoms with Crippen molar-refractivity contribution < 1.29 is 0 Å². The Kier molecular flexibility index (Phi) is 3.19. The summed E-state index contributed by atoms with van der Waals surface area (Å²) in [6.45, 7) is 2.01. The molecule has 0 atom stereocenters. The van der Waals surface area contributed by atoms with Gasteiger partial charge in [0.25, 0.3) is 0 Å². The molecular weight excluding hydrogens is 238 g/mol. The number of nitrogen functional groups attached to an aromatic ring is 1. The molecule has 1 aromatic heterocycles. The highest BCUT2D eigenvalue weighted by Gasteiger charge is 2.21. The van der Waals surface area contributed by atoms with Gasteiger partial charge >= 0.3 is 0 Å². The second-order valence-corrected chi connectivity index (χ2v) is 5.28. The summed E-state index contributed by atoms with van der Waals surface area (Å²) >= 11 is 0. The number of nitrogens with two attached hydrogens (primary N) is 1. The molecule has 5 nitrogen and oxygen atoms in total. The van der Waals surface area contributed by atoms with Gasteiger partial charge < -0.3 is 5.73 Å². The SMILES string of the molecule is Cc1cccc(-c2nnnn2C2CCCCC2)c1N. The molecule has 5 heteroatoms. The van der Waals surface area contributed by atoms with Crippen LogP contribution in [0.1, 0.15) is 43.7 Å². The van der Waals surface area contributed by atoms with E-state index in [4.69, 9.17) is 5.73 Å². The Morgan fingerprint density at radius 1 is 1.21 bits per heavy atom. The van der Waals surface area contributed by atoms with E-state index in [-0.39, 0.29) is 0 Å². The van der Waals surface area contributed by atoms with E-state index in [0.29, 0.717) is 6.04 Å². The monoisotopic (exact) mass is 257 g/mol. The third kappa shape index (κ3) is 2.20. The second kappa shape index (κ2) is 4.99. The predicted molar refractivity (Wildman–Crippen MR) is 74.5 cm³/mol. The zero-order valence-corrected chi connectivity index (χ0v) is 11.2. The number of tetrazole rings is 1. The van der Waals surface area contributed by atoms with E-state index in [9.17, 15) is 0 Å². The minimum absolute atomic E-state index is 0.415. The number of nitrogens with zero attached hydrogens (tertiary/aromatic N) is 4. The molecule has 1 saturated carbocycles. The number of aryl methyl sites for hydroxylation is 1. The number of anilines is 1. The third-order valence-corrected chi connectivity index (χ3v) is 3.98. The van der Waals surface area contributed by atoms with Crippen LogP contribution in [0.5, 0.6) is 0 Å². The van der Waals surface area contributed by atoms with Crippen molar-refractivity contribution in [3.63, 3.8) is 0 Å². The molecule has 0 spiro atoms. The summed E-state index contributed by atoms with van der Waals surface area (Å²) in [4.78, 5) is 0. The summed E-state index contributed by atoms with van der Waals surface area (Å²) in [5.41, 5.74) is 8.94. The lowest BCUT2D eigenvalue weighted by molar-refractivity contribution is 0.327. The largest absolute Gasteiger partial charge is 0.398 e. The van der Waals surface area contributed by atoms with Crippen molar-refractivity contribution in [1.82, 2.24) is 20.2 Å². The van der Waals surface area contributed by atoms with E-state index in [1.54, 1.807) is 0 Å². The maximum Gasteiger partial charge on any atom is 0.184 e. The Bertz CT molecular complexity index is 569. The Hall–Kier alpha value is -1.91. The van der Waals surface area contributed by atoms with Gasteiger partial charge in [-0.15, -0.1) is 5.10 Å². The maximum absolute atomic E-state index is 6.16. The van der Waals surface area contributed by atoms with Crippen LogP contribution in [0.3, 0.4) is 0 Å². The summed E-state index contributed by atoms with van der Waals surface area (Å²) in [5, 5.41) is 12.2. The highest BCUT2D eigenvalue weighted by molar-refractivity contribution is 5.74. The second-order valence-electron chi connectivity index (χ2n) is 5.28. The van der Waals surface area contributed by atoms with E-state index in [0.717, 1.165) is 35.5 Å². The van der Waals surface area contributed by atoms with Gasteiger partial charge in [0.1, 0.15) is 0 Å². The van der Waals surface area contributed by atoms with Crippen LogP contribution in [0.25, 0.3) is 11.4 Å². The lowest BCUT2D eigenvalue weighted by Gasteiger charge is -2.22. The van der Waals surface area contributed by atoms with Crippen LogP contribution < -0.4 is 5.73 Å². The maximum atomic E-state index is 6.16. The molecule has 1 aliphatic rings. The van der Waals surface area contributed by atoms with Gasteiger partial charge in [0.05, 0.1) is 6.04 Å². The van der Waals surface area contributed by atoms with E-state index < -0.39 is 0 Å². The number of aromatic nitrogens is 4. The minimum atomic E-state index is 0.415. The van der Waals surface area contributed by atoms with Crippen molar-refractivity contribution in [2.24, 2.45) is 0 Å². The molecule has 0 aliphatic heterocycles. The summed E-state index contributed by atoms with van der Waals surface area (Å²) in [5.74, 6) is 0.799. The molecule has 0 saturated heterocycles. The van der Waals surface area contributed by atoms with Crippen molar-refractivity contribution >= 4 is 5.69 Å². The Morgan fingerprint density at radius 2 is 2.00 bits per heavy atom. The van der Waals surface area contributed by atoms with Crippen LogP contribution in [0, 0.1) is 6.92 Å². The van der Waals surface area contributed by atoms with E-state index in [1.807, 2.05) is 29.8 Å². The molecule has 1 aliphatic carbocycles. The predicted octanol–water partition coefficient (Wildman–Crippen LogP) is 2.74. The van der Waals surface area contributed by atoms with Crippen molar-refractivity contribution in [3.05, 3.63) is 23.8 Å². The molecule has 1 fully saturated rings. The molecule has 19 heavy (non-hydrogen) atoms. The molecule has 0 amide bonds. The first-order valence-corrected chi connectivity index (χ1v) is 6.90. The lowest BCUT2D eigenvalue weighted by atomic mass is 9.95. The lowest BCUT2D eigenvalue weighted by Crippen LogP contribution is -2.15. The molecule has 1 heterocycles. The van der Waals surface area contributed by atoms with Gasteiger partial charge in [-0.05, 0) is 41.8 Å². The standard InChI is InChI=1S/C14H19N5/c1-10-6-5-9-12(13(10)15)14-16-17-18-19(14)11-7-3-2-4-8-11/h5-6,9,11H,2-4,7-8,15H2,1H3. The molecule has 0 unspecified atom stereocenters. The van der Waals surface area contributed by atoms with Gasteiger partial charge in [-0.25, -0.2) is 4.68 Å². The van der Waals surface area contributed by atoms with Gasteiger partial charge in [0.2, 0.25) is 0 Å². The van der Waals surface area contributed by atoms with Crippen molar-refractivity contribution in [3.8, 4) is 11.4 Å². The van der Waals surface area contributed by atoms with Gasteiger partial charge in [-0.1, -0.05) is 31.4 Å². The minimum Gasteiger partial charge on any atom is -0.398 e. The van der Waals surface area contributed by atoms with Crippen LogP contribution in [0.2, 0.25) is 0 Å². The smallest absolute Gasteiger partial charge is 0.184 e. The van der Waals surface area contributed by atoms with Crippen LogP contribution >= 0.6 is 0 Å². The Morgan fingerprint density at radius 3 is 2.79 bits per heavy atom. The highest BCUT2D eigenvalue weighted by atomic mass is 15.5. The van der Waals surface area contributed by atoms with E-state index >= 15 is 0 Å². The average molecular weight is 257 g/mol. The fraction of sp³-hybridized carbons (Fsp3) is 0.500. The molecule has 2 N–H and O–H groups in total. The highest BCUT2D eigenvalue weighted by Crippen LogP contribution is 2.32. The van der Waals surface area contributed by atoms with E-state index in [2.05, 4.69) is 15.5 Å². The van der Waals surface area contributed by atoms with Crippen LogP contribution in [0.4, 0.5) is 5.69 Å². The number of rotatable bonds is 2. The normalized spacial score (nSPS) is 16.7. The molecule has 2 aromatic rings. The van der Waals surface area contributed by atoms with Gasteiger partial charge in [-0.2, -0.15) is 0 Å². The summed E-state index contributed by atoms with van der Waals surface area (Å²) in [7, 11) is 0. The van der Waals surface area contributed by atoms with E-state index in [1.165, 1.54) is 19.3 Å². The van der Waals surface area contributed by atoms with Crippen LogP contribution in [0.15, 0.2) is 18.2 Å². The summed E-state index contributed by atoms with van der Waals surface area (Å²) in [6.07, 6.45) is 6.15. The third-order valence-electron chi connectivity index (χ3n) is 3.98. The van der Waals surface area contributed by atoms with Crippen LogP contribution in [-0.4, -0.2) is 20.2 Å². The van der Waals surface area contributed by atoms with Crippen molar-refractivity contribution in [1.29, 1.82) is 0 Å². The van der Waals surface area contributed by atoms with Crippen molar-refractivity contribution in [2.45, 2.75) is 45.1 Å². The van der Waals surface area contributed by atoms with Crippen LogP contribution in [-0.2, 0) is 0 Å². The Labute approximate surface area is 112 Å². The zero-order valence-electron chi connectivity index (χ0n) is 11.2. The molecule has 100 valence electrons. The molecule has 0 radical (unpaired) electrons. The fourth-order valence-corrected chi connectivity index (χ4v) is 2.82. The number of para-hydroxylation sites is 1. The molecular formula is C14H19N5. The molecule has 3 rings (SSSR count). The van der Waals surface area contributed by atoms with Gasteiger partial charge in [0, 0.05) is 11.3 Å². The number of hydrogen-bond donors (Lipinski definition) is 1. The first kappa shape index (κ1) is 12.1. The van der Waals surface area contributed by atoms with Gasteiger partial charge in [-0.3, -0.25) is 0 Å². The first-order chi connectivity index (χ1) is 9.27. The van der Waals surface area contributed by atoms with Gasteiger partial charge in [0.15, 0.2) is 5.82 Å². The average Bonchev–Trinajstić information content (AvgIpc) is 2.92. The quantitative estimate of drug-likeness (QED) is 0.840. The topological polar surface area (TPSA) is 69.6 Å². The first-order valence-electron chi connectivity index (χ1n) is 6.90. The molecule has 1 aromatic carbocycles. The zero-order chi connectivity index (χ0) is 13.2. The summed E-state index contributed by atoms with van der Waals surface area (Å²) in [6, 6.07) is 6.42. The molecule has 0 bridgehead atoms. The van der Waals surface area contributed by atoms with Crippen molar-refractivity contribution in [2.75, 3.05) is 5.73 Å². The fourth-order valence-electron chi connectivity index (χ4n) is 2.82. The number of benzene rings is 1.